The number of hydrogen-bond donors (Lipinski definition) is 0. The Balaban J connectivity index is 1.97. The molecule has 138 valence electrons. The molecule has 0 radical (unpaired) electrons. The average molecular weight is 405 g/mol. The molecule has 25 heavy (non-hydrogen) atoms. The van der Waals surface area contributed by atoms with Gasteiger partial charge in [-0.05, 0) is 6.07 Å². The number of nitrogens with zero attached hydrogens (tertiary/aromatic N) is 2. The van der Waals surface area contributed by atoms with Gasteiger partial charge in [0.25, 0.3) is 10.0 Å². The molecule has 0 spiro atoms. The summed E-state index contributed by atoms with van der Waals surface area (Å²) >= 11 is 2.47. The largest absolute Gasteiger partial charge is 0.465 e. The lowest BCUT2D eigenvalue weighted by molar-refractivity contribution is -0.129. The van der Waals surface area contributed by atoms with Crippen molar-refractivity contribution in [2.75, 3.05) is 44.8 Å². The van der Waals surface area contributed by atoms with Crippen LogP contribution in [0, 0.1) is 0 Å². The summed E-state index contributed by atoms with van der Waals surface area (Å²) in [6.45, 7) is 4.82. The predicted octanol–water partition coefficient (Wildman–Crippen LogP) is 1.29. The van der Waals surface area contributed by atoms with Gasteiger partial charge in [0, 0.05) is 37.3 Å². The van der Waals surface area contributed by atoms with E-state index < -0.39 is 16.0 Å². The van der Waals surface area contributed by atoms with Crippen molar-refractivity contribution in [3.8, 4) is 0 Å². The first-order valence-corrected chi connectivity index (χ1v) is 11.0. The van der Waals surface area contributed by atoms with E-state index in [1.807, 2.05) is 0 Å². The van der Waals surface area contributed by atoms with E-state index in [4.69, 9.17) is 0 Å². The molecule has 0 N–H and O–H groups in total. The number of ether oxygens (including phenoxy) is 1. The third-order valence-electron chi connectivity index (χ3n) is 3.64. The molecule has 1 amide bonds. The van der Waals surface area contributed by atoms with E-state index in [1.165, 1.54) is 34.6 Å². The summed E-state index contributed by atoms with van der Waals surface area (Å²) in [6, 6.07) is 1.33. The Hall–Kier alpha value is -1.36. The maximum atomic E-state index is 12.7. The average Bonchev–Trinajstić information content (AvgIpc) is 3.12. The second-order valence-electron chi connectivity index (χ2n) is 5.23. The van der Waals surface area contributed by atoms with Gasteiger partial charge in [-0.2, -0.15) is 4.31 Å². The fourth-order valence-electron chi connectivity index (χ4n) is 2.30. The van der Waals surface area contributed by atoms with Crippen LogP contribution in [0.2, 0.25) is 0 Å². The highest BCUT2D eigenvalue weighted by Crippen LogP contribution is 2.25. The standard InChI is InChI=1S/C15H20N2O5S3/c1-3-8-23-11-13(18)16-4-6-17(7-5-16)25(20,21)14-9-12(10-24-14)15(19)22-2/h3,9-10H,1,4-8,11H2,2H3. The number of carbonyl (C=O) groups excluding carboxylic acids is 2. The van der Waals surface area contributed by atoms with Gasteiger partial charge in [-0.1, -0.05) is 6.08 Å². The first kappa shape index (κ1) is 20.0. The molecule has 1 fully saturated rings. The molecule has 2 heterocycles. The first-order chi connectivity index (χ1) is 11.9. The Kier molecular flexibility index (Phi) is 7.05. The van der Waals surface area contributed by atoms with Crippen LogP contribution in [0.4, 0.5) is 0 Å². The van der Waals surface area contributed by atoms with E-state index in [0.29, 0.717) is 24.6 Å². The van der Waals surface area contributed by atoms with Gasteiger partial charge in [0.2, 0.25) is 5.91 Å². The summed E-state index contributed by atoms with van der Waals surface area (Å²) in [6.07, 6.45) is 1.74. The van der Waals surface area contributed by atoms with E-state index in [1.54, 1.807) is 11.0 Å². The summed E-state index contributed by atoms with van der Waals surface area (Å²) < 4.78 is 31.4. The number of amides is 1. The normalized spacial score (nSPS) is 15.8. The molecule has 10 heteroatoms. The Labute approximate surface area is 155 Å². The van der Waals surface area contributed by atoms with Gasteiger partial charge in [-0.25, -0.2) is 13.2 Å². The molecular weight excluding hydrogens is 384 g/mol. The topological polar surface area (TPSA) is 84.0 Å². The van der Waals surface area contributed by atoms with Crippen molar-refractivity contribution in [3.63, 3.8) is 0 Å². The molecule has 0 saturated carbocycles. The highest BCUT2D eigenvalue weighted by atomic mass is 32.2. The summed E-state index contributed by atoms with van der Waals surface area (Å²) in [5.41, 5.74) is 0.221. The molecule has 2 rings (SSSR count). The lowest BCUT2D eigenvalue weighted by Crippen LogP contribution is -2.50. The third-order valence-corrected chi connectivity index (χ3v) is 7.88. The second-order valence-corrected chi connectivity index (χ2v) is 9.34. The maximum Gasteiger partial charge on any atom is 0.338 e. The van der Waals surface area contributed by atoms with Crippen LogP contribution in [-0.2, 0) is 19.6 Å². The van der Waals surface area contributed by atoms with Crippen molar-refractivity contribution in [1.29, 1.82) is 0 Å². The minimum absolute atomic E-state index is 0.00741. The molecule has 0 atom stereocenters. The van der Waals surface area contributed by atoms with Gasteiger partial charge in [0.1, 0.15) is 4.21 Å². The van der Waals surface area contributed by atoms with Gasteiger partial charge in [-0.3, -0.25) is 4.79 Å². The maximum absolute atomic E-state index is 12.7. The van der Waals surface area contributed by atoms with Gasteiger partial charge in [0.15, 0.2) is 0 Å². The summed E-state index contributed by atoms with van der Waals surface area (Å²) in [5.74, 6) is 0.519. The van der Waals surface area contributed by atoms with Crippen LogP contribution in [0.5, 0.6) is 0 Å². The van der Waals surface area contributed by atoms with Gasteiger partial charge < -0.3 is 9.64 Å². The van der Waals surface area contributed by atoms with E-state index in [2.05, 4.69) is 11.3 Å². The molecular formula is C15H20N2O5S3. The van der Waals surface area contributed by atoms with E-state index in [-0.39, 0.29) is 28.8 Å². The summed E-state index contributed by atoms with van der Waals surface area (Å²) in [7, 11) is -2.42. The lowest BCUT2D eigenvalue weighted by atomic mass is 10.3. The van der Waals surface area contributed by atoms with Crippen LogP contribution in [-0.4, -0.2) is 74.3 Å². The first-order valence-electron chi connectivity index (χ1n) is 7.53. The molecule has 0 unspecified atom stereocenters. The number of hydrogen-bond acceptors (Lipinski definition) is 7. The Morgan fingerprint density at radius 1 is 1.36 bits per heavy atom. The Bertz CT molecular complexity index is 736. The van der Waals surface area contributed by atoms with Crippen molar-refractivity contribution in [2.24, 2.45) is 0 Å². The third kappa shape index (κ3) is 4.84. The van der Waals surface area contributed by atoms with E-state index >= 15 is 0 Å². The van der Waals surface area contributed by atoms with Crippen LogP contribution in [0.3, 0.4) is 0 Å². The highest BCUT2D eigenvalue weighted by molar-refractivity contribution is 8.00. The van der Waals surface area contributed by atoms with Crippen LogP contribution in [0.25, 0.3) is 0 Å². The second kappa shape index (κ2) is 8.84. The SMILES string of the molecule is C=CCSCC(=O)N1CCN(S(=O)(=O)c2cc(C(=O)OC)cs2)CC1. The number of piperazine rings is 1. The molecule has 0 bridgehead atoms. The summed E-state index contributed by atoms with van der Waals surface area (Å²) in [5, 5.41) is 1.47. The Morgan fingerprint density at radius 2 is 2.04 bits per heavy atom. The van der Waals surface area contributed by atoms with Crippen LogP contribution in [0.1, 0.15) is 10.4 Å². The fraction of sp³-hybridized carbons (Fsp3) is 0.467. The molecule has 1 aromatic rings. The number of methoxy groups -OCH3 is 1. The van der Waals surface area contributed by atoms with Gasteiger partial charge in [0.05, 0.1) is 18.4 Å². The van der Waals surface area contributed by atoms with E-state index in [0.717, 1.165) is 11.3 Å². The van der Waals surface area contributed by atoms with Crippen molar-refractivity contribution >= 4 is 45.0 Å². The minimum atomic E-state index is -3.67. The van der Waals surface area contributed by atoms with Gasteiger partial charge in [-0.15, -0.1) is 29.7 Å². The molecule has 0 aromatic carbocycles. The fourth-order valence-corrected chi connectivity index (χ4v) is 5.67. The number of carbonyl (C=O) groups is 2. The van der Waals surface area contributed by atoms with Crippen molar-refractivity contribution < 1.29 is 22.7 Å². The van der Waals surface area contributed by atoms with Crippen LogP contribution >= 0.6 is 23.1 Å². The number of sulfonamides is 1. The summed E-state index contributed by atoms with van der Waals surface area (Å²) in [4.78, 5) is 25.2. The van der Waals surface area contributed by atoms with Crippen LogP contribution in [0.15, 0.2) is 28.3 Å². The molecule has 0 aliphatic carbocycles. The zero-order chi connectivity index (χ0) is 18.4. The highest BCUT2D eigenvalue weighted by Gasteiger charge is 2.31. The minimum Gasteiger partial charge on any atom is -0.465 e. The number of thiophene rings is 1. The quantitative estimate of drug-likeness (QED) is 0.387. The Morgan fingerprint density at radius 3 is 2.64 bits per heavy atom. The predicted molar refractivity (Wildman–Crippen MR) is 98.5 cm³/mol. The number of thioether (sulfide) groups is 1. The molecule has 1 aliphatic heterocycles. The zero-order valence-corrected chi connectivity index (χ0v) is 16.3. The van der Waals surface area contributed by atoms with Crippen molar-refractivity contribution in [1.82, 2.24) is 9.21 Å². The van der Waals surface area contributed by atoms with E-state index in [9.17, 15) is 18.0 Å². The smallest absolute Gasteiger partial charge is 0.338 e. The molecule has 7 nitrogen and oxygen atoms in total. The van der Waals surface area contributed by atoms with Crippen molar-refractivity contribution in [2.45, 2.75) is 4.21 Å². The molecule has 1 aromatic heterocycles. The zero-order valence-electron chi connectivity index (χ0n) is 13.8. The van der Waals surface area contributed by atoms with Crippen molar-refractivity contribution in [3.05, 3.63) is 29.7 Å². The molecule has 1 aliphatic rings. The van der Waals surface area contributed by atoms with Crippen LogP contribution < -0.4 is 0 Å². The molecule has 1 saturated heterocycles. The monoisotopic (exact) mass is 404 g/mol. The van der Waals surface area contributed by atoms with Gasteiger partial charge >= 0.3 is 5.97 Å². The lowest BCUT2D eigenvalue weighted by Gasteiger charge is -2.33. The number of esters is 1. The number of rotatable bonds is 7.